The summed E-state index contributed by atoms with van der Waals surface area (Å²) < 4.78 is 17.8. The second-order valence-electron chi connectivity index (χ2n) is 10.5. The van der Waals surface area contributed by atoms with Gasteiger partial charge in [-0.1, -0.05) is 78.9 Å². The lowest BCUT2D eigenvalue weighted by atomic mass is 9.82. The molecule has 0 radical (unpaired) electrons. The quantitative estimate of drug-likeness (QED) is 0.273. The van der Waals surface area contributed by atoms with Crippen LogP contribution >= 0.6 is 0 Å². The molecule has 0 bridgehead atoms. The summed E-state index contributed by atoms with van der Waals surface area (Å²) in [6.45, 7) is 3.18. The average molecular weight is 514 g/mol. The minimum absolute atomic E-state index is 0.0802. The van der Waals surface area contributed by atoms with Crippen LogP contribution in [0.2, 0.25) is 0 Å². The standard InChI is InChI=1S/C33H39NO4/c35-33(38-23-27-12-5-2-6-13-27)25-37-32-16-8-7-15-31(32)28-17-19-30(20-18-28)36-24-29-14-9-21-34(29)22-26-10-3-1-4-11-26/h1-8,10-13,15-16,28-30H,9,14,17-25H2/t28-,29?,30+. The maximum atomic E-state index is 12.3. The van der Waals surface area contributed by atoms with Crippen LogP contribution in [-0.4, -0.2) is 42.8 Å². The van der Waals surface area contributed by atoms with E-state index in [1.807, 2.05) is 42.5 Å². The minimum Gasteiger partial charge on any atom is -0.482 e. The van der Waals surface area contributed by atoms with Crippen molar-refractivity contribution in [3.63, 3.8) is 0 Å². The number of carbonyl (C=O) groups is 1. The maximum absolute atomic E-state index is 12.3. The Bertz CT molecular complexity index is 1130. The molecule has 5 nitrogen and oxygen atoms in total. The third-order valence-electron chi connectivity index (χ3n) is 7.87. The summed E-state index contributed by atoms with van der Waals surface area (Å²) in [7, 11) is 0. The topological polar surface area (TPSA) is 48.0 Å². The van der Waals surface area contributed by atoms with E-state index in [1.54, 1.807) is 0 Å². The van der Waals surface area contributed by atoms with Crippen molar-refractivity contribution in [1.82, 2.24) is 4.90 Å². The summed E-state index contributed by atoms with van der Waals surface area (Å²) in [6, 6.07) is 29.1. The molecule has 2 fully saturated rings. The Morgan fingerprint density at radius 2 is 1.47 bits per heavy atom. The maximum Gasteiger partial charge on any atom is 0.344 e. The summed E-state index contributed by atoms with van der Waals surface area (Å²) >= 11 is 0. The second kappa shape index (κ2) is 13.6. The van der Waals surface area contributed by atoms with E-state index < -0.39 is 0 Å². The van der Waals surface area contributed by atoms with Crippen LogP contribution in [0.15, 0.2) is 84.9 Å². The van der Waals surface area contributed by atoms with Crippen LogP contribution < -0.4 is 4.74 Å². The molecule has 1 aliphatic carbocycles. The van der Waals surface area contributed by atoms with Gasteiger partial charge in [0.25, 0.3) is 0 Å². The molecule has 3 aromatic rings. The zero-order valence-electron chi connectivity index (χ0n) is 22.2. The van der Waals surface area contributed by atoms with Crippen LogP contribution in [-0.2, 0) is 27.4 Å². The molecule has 0 spiro atoms. The van der Waals surface area contributed by atoms with E-state index in [0.717, 1.165) is 56.7 Å². The van der Waals surface area contributed by atoms with E-state index in [9.17, 15) is 4.79 Å². The Morgan fingerprint density at radius 3 is 2.24 bits per heavy atom. The third kappa shape index (κ3) is 7.46. The molecule has 1 saturated heterocycles. The van der Waals surface area contributed by atoms with Crippen LogP contribution in [0.3, 0.4) is 0 Å². The van der Waals surface area contributed by atoms with Crippen LogP contribution in [0, 0.1) is 0 Å². The van der Waals surface area contributed by atoms with Gasteiger partial charge < -0.3 is 14.2 Å². The van der Waals surface area contributed by atoms with Crippen molar-refractivity contribution in [2.24, 2.45) is 0 Å². The largest absolute Gasteiger partial charge is 0.482 e. The summed E-state index contributed by atoms with van der Waals surface area (Å²) in [6.07, 6.45) is 7.06. The van der Waals surface area contributed by atoms with Crippen LogP contribution in [0.4, 0.5) is 0 Å². The molecule has 0 amide bonds. The van der Waals surface area contributed by atoms with Crippen molar-refractivity contribution in [3.05, 3.63) is 102 Å². The molecule has 1 aliphatic heterocycles. The van der Waals surface area contributed by atoms with Crippen molar-refractivity contribution < 1.29 is 19.0 Å². The van der Waals surface area contributed by atoms with Gasteiger partial charge in [0.15, 0.2) is 6.61 Å². The summed E-state index contributed by atoms with van der Waals surface area (Å²) in [4.78, 5) is 14.8. The van der Waals surface area contributed by atoms with Gasteiger partial charge in [-0.3, -0.25) is 4.90 Å². The Labute approximate surface area is 226 Å². The van der Waals surface area contributed by atoms with Crippen molar-refractivity contribution in [3.8, 4) is 5.75 Å². The third-order valence-corrected chi connectivity index (χ3v) is 7.87. The summed E-state index contributed by atoms with van der Waals surface area (Å²) in [5.74, 6) is 0.859. The van der Waals surface area contributed by atoms with Crippen LogP contribution in [0.1, 0.15) is 61.1 Å². The molecule has 1 atom stereocenters. The number of ether oxygens (including phenoxy) is 3. The first-order valence-corrected chi connectivity index (χ1v) is 14.1. The number of benzene rings is 3. The van der Waals surface area contributed by atoms with E-state index in [1.165, 1.54) is 24.0 Å². The molecule has 1 heterocycles. The molecule has 38 heavy (non-hydrogen) atoms. The lowest BCUT2D eigenvalue weighted by Crippen LogP contribution is -2.34. The fourth-order valence-corrected chi connectivity index (χ4v) is 5.76. The summed E-state index contributed by atoms with van der Waals surface area (Å²) in [5.41, 5.74) is 3.54. The zero-order valence-corrected chi connectivity index (χ0v) is 22.2. The van der Waals surface area contributed by atoms with Crippen LogP contribution in [0.5, 0.6) is 5.75 Å². The molecular formula is C33H39NO4. The minimum atomic E-state index is -0.353. The first kappa shape index (κ1) is 26.5. The van der Waals surface area contributed by atoms with Gasteiger partial charge in [-0.2, -0.15) is 0 Å². The fourth-order valence-electron chi connectivity index (χ4n) is 5.76. The Balaban J connectivity index is 1.06. The predicted octanol–water partition coefficient (Wildman–Crippen LogP) is 6.52. The smallest absolute Gasteiger partial charge is 0.344 e. The van der Waals surface area contributed by atoms with Gasteiger partial charge in [-0.05, 0) is 73.7 Å². The molecule has 0 aromatic heterocycles. The van der Waals surface area contributed by atoms with Crippen molar-refractivity contribution in [1.29, 1.82) is 0 Å². The van der Waals surface area contributed by atoms with E-state index in [2.05, 4.69) is 47.4 Å². The van der Waals surface area contributed by atoms with Gasteiger partial charge in [0.05, 0.1) is 12.7 Å². The molecule has 5 rings (SSSR count). The molecular weight excluding hydrogens is 474 g/mol. The molecule has 1 saturated carbocycles. The van der Waals surface area contributed by atoms with E-state index >= 15 is 0 Å². The number of para-hydroxylation sites is 1. The fraction of sp³-hybridized carbons (Fsp3) is 0.424. The van der Waals surface area contributed by atoms with Gasteiger partial charge in [-0.15, -0.1) is 0 Å². The Hall–Kier alpha value is -3.15. The van der Waals surface area contributed by atoms with E-state index in [4.69, 9.17) is 14.2 Å². The number of rotatable bonds is 11. The predicted molar refractivity (Wildman–Crippen MR) is 149 cm³/mol. The average Bonchev–Trinajstić information content (AvgIpc) is 3.42. The molecule has 3 aromatic carbocycles. The highest BCUT2D eigenvalue weighted by atomic mass is 16.6. The highest BCUT2D eigenvalue weighted by molar-refractivity contribution is 5.71. The number of likely N-dealkylation sites (tertiary alicyclic amines) is 1. The number of hydrogen-bond acceptors (Lipinski definition) is 5. The molecule has 1 unspecified atom stereocenters. The monoisotopic (exact) mass is 513 g/mol. The first-order valence-electron chi connectivity index (χ1n) is 14.1. The number of carbonyl (C=O) groups excluding carboxylic acids is 1. The van der Waals surface area contributed by atoms with Gasteiger partial charge in [-0.25, -0.2) is 4.79 Å². The molecule has 200 valence electrons. The van der Waals surface area contributed by atoms with Crippen molar-refractivity contribution in [2.45, 2.75) is 69.7 Å². The number of hydrogen-bond donors (Lipinski definition) is 0. The van der Waals surface area contributed by atoms with Gasteiger partial charge in [0, 0.05) is 12.6 Å². The van der Waals surface area contributed by atoms with Crippen molar-refractivity contribution >= 4 is 5.97 Å². The molecule has 2 aliphatic rings. The number of nitrogens with zero attached hydrogens (tertiary/aromatic N) is 1. The first-order chi connectivity index (χ1) is 18.7. The SMILES string of the molecule is O=C(COc1ccccc1[C@H]1CC[C@@H](OCC2CCCN2Cc2ccccc2)CC1)OCc1ccccc1. The Kier molecular flexibility index (Phi) is 9.46. The van der Waals surface area contributed by atoms with Gasteiger partial charge in [0.1, 0.15) is 12.4 Å². The Morgan fingerprint density at radius 1 is 0.789 bits per heavy atom. The van der Waals surface area contributed by atoms with E-state index in [0.29, 0.717) is 18.1 Å². The highest BCUT2D eigenvalue weighted by Gasteiger charge is 2.29. The lowest BCUT2D eigenvalue weighted by molar-refractivity contribution is -0.147. The number of esters is 1. The van der Waals surface area contributed by atoms with Crippen molar-refractivity contribution in [2.75, 3.05) is 19.8 Å². The summed E-state index contributed by atoms with van der Waals surface area (Å²) in [5, 5.41) is 0. The zero-order chi connectivity index (χ0) is 26.0. The van der Waals surface area contributed by atoms with Crippen LogP contribution in [0.25, 0.3) is 0 Å². The lowest BCUT2D eigenvalue weighted by Gasteiger charge is -2.32. The molecule has 0 N–H and O–H groups in total. The van der Waals surface area contributed by atoms with E-state index in [-0.39, 0.29) is 19.2 Å². The highest BCUT2D eigenvalue weighted by Crippen LogP contribution is 2.38. The molecule has 5 heteroatoms. The van der Waals surface area contributed by atoms with Gasteiger partial charge in [0.2, 0.25) is 0 Å². The second-order valence-corrected chi connectivity index (χ2v) is 10.5. The normalized spacial score (nSPS) is 21.7. The van der Waals surface area contributed by atoms with Gasteiger partial charge >= 0.3 is 5.97 Å².